The zero-order valence-electron chi connectivity index (χ0n) is 15.4. The van der Waals surface area contributed by atoms with Gasteiger partial charge >= 0.3 is 12.2 Å². The van der Waals surface area contributed by atoms with E-state index in [-0.39, 0.29) is 12.5 Å². The highest BCUT2D eigenvalue weighted by molar-refractivity contribution is 5.94. The molecule has 3 amide bonds. The van der Waals surface area contributed by atoms with Crippen molar-refractivity contribution in [2.45, 2.75) is 12.7 Å². The molecule has 10 heteroatoms. The van der Waals surface area contributed by atoms with Crippen molar-refractivity contribution in [1.29, 1.82) is 0 Å². The van der Waals surface area contributed by atoms with Gasteiger partial charge in [-0.1, -0.05) is 12.1 Å². The quantitative estimate of drug-likeness (QED) is 0.813. The third kappa shape index (κ3) is 5.15. The number of benzene rings is 1. The largest absolute Gasteiger partial charge is 0.417 e. The Hall–Kier alpha value is -3.30. The van der Waals surface area contributed by atoms with Crippen LogP contribution in [0.2, 0.25) is 0 Å². The number of hydrogen-bond acceptors (Lipinski definition) is 4. The van der Waals surface area contributed by atoms with Crippen LogP contribution in [0.25, 0.3) is 0 Å². The molecule has 154 valence electrons. The van der Waals surface area contributed by atoms with Crippen LogP contribution in [0.4, 0.5) is 23.8 Å². The lowest BCUT2D eigenvalue weighted by molar-refractivity contribution is -0.137. The second-order valence-corrected chi connectivity index (χ2v) is 6.60. The molecule has 1 saturated heterocycles. The predicted octanol–water partition coefficient (Wildman–Crippen LogP) is 2.23. The summed E-state index contributed by atoms with van der Waals surface area (Å²) in [5.74, 6) is 0.329. The summed E-state index contributed by atoms with van der Waals surface area (Å²) in [5.41, 5.74) is 5.58. The third-order valence-corrected chi connectivity index (χ3v) is 4.63. The SMILES string of the molecule is NC(=O)NCc1ccc(C(=O)N2CCN(c3ccc(C(F)(F)F)cn3)CC2)cc1. The summed E-state index contributed by atoms with van der Waals surface area (Å²) >= 11 is 0. The number of alkyl halides is 3. The summed E-state index contributed by atoms with van der Waals surface area (Å²) in [6.45, 7) is 2.11. The maximum absolute atomic E-state index is 12.7. The number of halogens is 3. The standard InChI is InChI=1S/C19H20F3N5O2/c20-19(21,22)15-5-6-16(24-12-15)26-7-9-27(10-8-26)17(28)14-3-1-13(2-4-14)11-25-18(23)29/h1-6,12H,7-11H2,(H3,23,25,29). The topological polar surface area (TPSA) is 91.6 Å². The van der Waals surface area contributed by atoms with Gasteiger partial charge in [-0.3, -0.25) is 4.79 Å². The van der Waals surface area contributed by atoms with Crippen molar-refractivity contribution in [2.75, 3.05) is 31.1 Å². The molecule has 1 fully saturated rings. The molecule has 0 unspecified atom stereocenters. The number of nitrogens with zero attached hydrogens (tertiary/aromatic N) is 3. The van der Waals surface area contributed by atoms with Crippen LogP contribution in [0.1, 0.15) is 21.5 Å². The minimum Gasteiger partial charge on any atom is -0.353 e. The Labute approximate surface area is 165 Å². The fraction of sp³-hybridized carbons (Fsp3) is 0.316. The highest BCUT2D eigenvalue weighted by Crippen LogP contribution is 2.29. The van der Waals surface area contributed by atoms with Gasteiger partial charge in [-0.15, -0.1) is 0 Å². The van der Waals surface area contributed by atoms with Crippen molar-refractivity contribution in [3.63, 3.8) is 0 Å². The van der Waals surface area contributed by atoms with Crippen LogP contribution in [0, 0.1) is 0 Å². The summed E-state index contributed by atoms with van der Waals surface area (Å²) in [7, 11) is 0. The van der Waals surface area contributed by atoms with Gasteiger partial charge in [0.05, 0.1) is 5.56 Å². The van der Waals surface area contributed by atoms with Crippen molar-refractivity contribution in [3.05, 3.63) is 59.3 Å². The van der Waals surface area contributed by atoms with Gasteiger partial charge < -0.3 is 20.9 Å². The Kier molecular flexibility index (Phi) is 5.90. The maximum Gasteiger partial charge on any atom is 0.417 e. The first-order valence-corrected chi connectivity index (χ1v) is 8.94. The molecular formula is C19H20F3N5O2. The molecule has 7 nitrogen and oxygen atoms in total. The summed E-state index contributed by atoms with van der Waals surface area (Å²) < 4.78 is 37.9. The van der Waals surface area contributed by atoms with Crippen LogP contribution >= 0.6 is 0 Å². The Balaban J connectivity index is 1.56. The van der Waals surface area contributed by atoms with Crippen LogP contribution in [0.5, 0.6) is 0 Å². The number of urea groups is 1. The molecule has 0 atom stereocenters. The average Bonchev–Trinajstić information content (AvgIpc) is 2.72. The van der Waals surface area contributed by atoms with Crippen LogP contribution in [0.3, 0.4) is 0 Å². The van der Waals surface area contributed by atoms with E-state index in [9.17, 15) is 22.8 Å². The van der Waals surface area contributed by atoms with Gasteiger partial charge in [0, 0.05) is 44.5 Å². The van der Waals surface area contributed by atoms with E-state index < -0.39 is 17.8 Å². The van der Waals surface area contributed by atoms with E-state index in [0.29, 0.717) is 37.6 Å². The Morgan fingerprint density at radius 2 is 1.69 bits per heavy atom. The highest BCUT2D eigenvalue weighted by Gasteiger charge is 2.31. The fourth-order valence-corrected chi connectivity index (χ4v) is 3.02. The number of nitrogens with one attached hydrogen (secondary N) is 1. The molecule has 1 aliphatic heterocycles. The molecule has 3 rings (SSSR count). The molecule has 1 aromatic heterocycles. The number of aromatic nitrogens is 1. The lowest BCUT2D eigenvalue weighted by Crippen LogP contribution is -2.49. The summed E-state index contributed by atoms with van der Waals surface area (Å²) in [5, 5.41) is 2.48. The summed E-state index contributed by atoms with van der Waals surface area (Å²) in [6, 6.07) is 8.59. The molecular weight excluding hydrogens is 387 g/mol. The molecule has 2 heterocycles. The van der Waals surface area contributed by atoms with Gasteiger partial charge in [-0.05, 0) is 29.8 Å². The molecule has 0 spiro atoms. The van der Waals surface area contributed by atoms with E-state index in [4.69, 9.17) is 5.73 Å². The normalized spacial score (nSPS) is 14.6. The Bertz CT molecular complexity index is 861. The van der Waals surface area contributed by atoms with E-state index in [1.54, 1.807) is 29.2 Å². The van der Waals surface area contributed by atoms with Crippen LogP contribution < -0.4 is 16.0 Å². The lowest BCUT2D eigenvalue weighted by atomic mass is 10.1. The smallest absolute Gasteiger partial charge is 0.353 e. The van der Waals surface area contributed by atoms with Gasteiger partial charge in [0.15, 0.2) is 0 Å². The Morgan fingerprint density at radius 1 is 1.03 bits per heavy atom. The molecule has 29 heavy (non-hydrogen) atoms. The molecule has 3 N–H and O–H groups in total. The molecule has 0 aliphatic carbocycles. The summed E-state index contributed by atoms with van der Waals surface area (Å²) in [6.07, 6.45) is -3.59. The number of carbonyl (C=O) groups is 2. The van der Waals surface area contributed by atoms with Gasteiger partial charge in [0.2, 0.25) is 0 Å². The number of rotatable bonds is 4. The van der Waals surface area contributed by atoms with E-state index in [0.717, 1.165) is 17.8 Å². The number of hydrogen-bond donors (Lipinski definition) is 2. The number of amides is 3. The number of nitrogens with two attached hydrogens (primary N) is 1. The predicted molar refractivity (Wildman–Crippen MR) is 100 cm³/mol. The van der Waals surface area contributed by atoms with Crippen molar-refractivity contribution < 1.29 is 22.8 Å². The van der Waals surface area contributed by atoms with Gasteiger partial charge in [0.25, 0.3) is 5.91 Å². The first kappa shape index (κ1) is 20.4. The number of piperazine rings is 1. The molecule has 0 saturated carbocycles. The minimum atomic E-state index is -4.41. The summed E-state index contributed by atoms with van der Waals surface area (Å²) in [4.78, 5) is 30.8. The fourth-order valence-electron chi connectivity index (χ4n) is 3.02. The van der Waals surface area contributed by atoms with Crippen molar-refractivity contribution >= 4 is 17.8 Å². The third-order valence-electron chi connectivity index (χ3n) is 4.63. The van der Waals surface area contributed by atoms with Gasteiger partial charge in [-0.2, -0.15) is 13.2 Å². The number of anilines is 1. The molecule has 0 radical (unpaired) electrons. The second-order valence-electron chi connectivity index (χ2n) is 6.60. The maximum atomic E-state index is 12.7. The van der Waals surface area contributed by atoms with E-state index >= 15 is 0 Å². The zero-order chi connectivity index (χ0) is 21.0. The highest BCUT2D eigenvalue weighted by atomic mass is 19.4. The molecule has 1 aromatic carbocycles. The van der Waals surface area contributed by atoms with E-state index in [1.165, 1.54) is 6.07 Å². The monoisotopic (exact) mass is 407 g/mol. The van der Waals surface area contributed by atoms with E-state index in [2.05, 4.69) is 10.3 Å². The molecule has 0 bridgehead atoms. The van der Waals surface area contributed by atoms with Crippen molar-refractivity contribution in [1.82, 2.24) is 15.2 Å². The minimum absolute atomic E-state index is 0.126. The molecule has 2 aromatic rings. The first-order chi connectivity index (χ1) is 13.7. The molecule has 1 aliphatic rings. The van der Waals surface area contributed by atoms with Crippen LogP contribution in [-0.2, 0) is 12.7 Å². The number of primary amides is 1. The average molecular weight is 407 g/mol. The second kappa shape index (κ2) is 8.38. The Morgan fingerprint density at radius 3 is 2.21 bits per heavy atom. The van der Waals surface area contributed by atoms with Crippen molar-refractivity contribution in [3.8, 4) is 0 Å². The number of carbonyl (C=O) groups excluding carboxylic acids is 2. The number of pyridine rings is 1. The zero-order valence-corrected chi connectivity index (χ0v) is 15.4. The van der Waals surface area contributed by atoms with Crippen LogP contribution in [0.15, 0.2) is 42.6 Å². The van der Waals surface area contributed by atoms with E-state index in [1.807, 2.05) is 4.90 Å². The first-order valence-electron chi connectivity index (χ1n) is 8.94. The van der Waals surface area contributed by atoms with Crippen LogP contribution in [-0.4, -0.2) is 48.0 Å². The van der Waals surface area contributed by atoms with Gasteiger partial charge in [0.1, 0.15) is 5.82 Å². The van der Waals surface area contributed by atoms with Gasteiger partial charge in [-0.25, -0.2) is 9.78 Å². The van der Waals surface area contributed by atoms with Crippen molar-refractivity contribution in [2.24, 2.45) is 5.73 Å². The lowest BCUT2D eigenvalue weighted by Gasteiger charge is -2.35.